The lowest BCUT2D eigenvalue weighted by molar-refractivity contribution is 0.391. The normalized spacial score (nSPS) is 13.0. The third kappa shape index (κ3) is 5.21. The molecule has 0 saturated heterocycles. The molecule has 1 aromatic carbocycles. The van der Waals surface area contributed by atoms with Crippen LogP contribution in [0.15, 0.2) is 48.8 Å². The van der Waals surface area contributed by atoms with Crippen molar-refractivity contribution in [2.24, 2.45) is 5.73 Å². The second kappa shape index (κ2) is 11.0. The second-order valence-corrected chi connectivity index (χ2v) is 10.3. The number of pyridine rings is 1. The molecule has 0 unspecified atom stereocenters. The number of hydrogen-bond acceptors (Lipinski definition) is 11. The molecule has 3 N–H and O–H groups in total. The summed E-state index contributed by atoms with van der Waals surface area (Å²) in [6, 6.07) is 9.22. The maximum absolute atomic E-state index is 13.5. The first-order valence-electron chi connectivity index (χ1n) is 11.4. The van der Waals surface area contributed by atoms with Crippen molar-refractivity contribution in [2.45, 2.75) is 25.1 Å². The molecule has 0 aliphatic heterocycles. The Morgan fingerprint density at radius 3 is 2.18 bits per heavy atom. The third-order valence-corrected chi connectivity index (χ3v) is 7.52. The highest BCUT2D eigenvalue weighted by Gasteiger charge is 2.33. The van der Waals surface area contributed by atoms with E-state index in [1.54, 1.807) is 48.8 Å². The summed E-state index contributed by atoms with van der Waals surface area (Å²) >= 11 is 0. The van der Waals surface area contributed by atoms with Crippen LogP contribution in [-0.2, 0) is 10.0 Å². The minimum Gasteiger partial charge on any atom is -0.494 e. The molecule has 4 aromatic rings. The first kappa shape index (κ1) is 26.8. The van der Waals surface area contributed by atoms with Gasteiger partial charge in [0, 0.05) is 18.5 Å². The predicted molar refractivity (Wildman–Crippen MR) is 140 cm³/mol. The summed E-state index contributed by atoms with van der Waals surface area (Å²) in [6.45, 7) is 3.29. The lowest BCUT2D eigenvalue weighted by Gasteiger charge is -2.21. The van der Waals surface area contributed by atoms with E-state index < -0.39 is 21.3 Å². The van der Waals surface area contributed by atoms with Crippen LogP contribution in [0.3, 0.4) is 0 Å². The number of methoxy groups -OCH3 is 3. The summed E-state index contributed by atoms with van der Waals surface area (Å²) < 4.78 is 47.4. The number of rotatable bonds is 10. The second-order valence-electron chi connectivity index (χ2n) is 8.26. The average molecular weight is 541 g/mol. The predicted octanol–water partition coefficient (Wildman–Crippen LogP) is 2.28. The van der Waals surface area contributed by atoms with Crippen LogP contribution in [0.2, 0.25) is 0 Å². The molecule has 0 spiro atoms. The number of aryl methyl sites for hydroxylation is 1. The molecule has 3 aromatic heterocycles. The van der Waals surface area contributed by atoms with Crippen molar-refractivity contribution in [3.63, 3.8) is 0 Å². The van der Waals surface area contributed by atoms with Crippen molar-refractivity contribution in [3.05, 3.63) is 60.2 Å². The molecule has 2 atom stereocenters. The van der Waals surface area contributed by atoms with Gasteiger partial charge in [-0.2, -0.15) is 0 Å². The SMILES string of the molecule is COc1cccc(-c2nnc(NS(=O)(=O)[C@H](C)[C@@H](N)c3ncc(C)cn3)n2-c2c(OC)cccc2OC)n1. The highest BCUT2D eigenvalue weighted by Crippen LogP contribution is 2.37. The zero-order valence-corrected chi connectivity index (χ0v) is 22.3. The van der Waals surface area contributed by atoms with Crippen molar-refractivity contribution in [3.8, 4) is 34.6 Å². The van der Waals surface area contributed by atoms with Gasteiger partial charge in [0.25, 0.3) is 0 Å². The van der Waals surface area contributed by atoms with E-state index in [0.29, 0.717) is 28.8 Å². The topological polar surface area (TPSA) is 169 Å². The summed E-state index contributed by atoms with van der Waals surface area (Å²) in [5.74, 6) is 1.38. The molecule has 0 amide bonds. The number of nitrogens with two attached hydrogens (primary N) is 1. The summed E-state index contributed by atoms with van der Waals surface area (Å²) in [7, 11) is 0.330. The fourth-order valence-electron chi connectivity index (χ4n) is 3.63. The Labute approximate surface area is 220 Å². The van der Waals surface area contributed by atoms with Crippen LogP contribution >= 0.6 is 0 Å². The Morgan fingerprint density at radius 2 is 1.58 bits per heavy atom. The fraction of sp³-hybridized carbons (Fsp3) is 0.292. The van der Waals surface area contributed by atoms with E-state index >= 15 is 0 Å². The van der Waals surface area contributed by atoms with E-state index in [9.17, 15) is 8.42 Å². The Bertz CT molecular complexity index is 1500. The van der Waals surface area contributed by atoms with E-state index in [4.69, 9.17) is 19.9 Å². The molecule has 200 valence electrons. The van der Waals surface area contributed by atoms with E-state index in [1.165, 1.54) is 32.8 Å². The van der Waals surface area contributed by atoms with Gasteiger partial charge in [0.05, 0.1) is 32.6 Å². The van der Waals surface area contributed by atoms with Crippen LogP contribution in [0, 0.1) is 6.92 Å². The minimum atomic E-state index is -4.13. The van der Waals surface area contributed by atoms with Crippen LogP contribution in [-0.4, -0.2) is 64.7 Å². The summed E-state index contributed by atoms with van der Waals surface area (Å²) in [5.41, 5.74) is 7.80. The Kier molecular flexibility index (Phi) is 7.73. The molecule has 0 bridgehead atoms. The van der Waals surface area contributed by atoms with Gasteiger partial charge in [0.2, 0.25) is 21.9 Å². The zero-order chi connectivity index (χ0) is 27.4. The summed E-state index contributed by atoms with van der Waals surface area (Å²) in [6.07, 6.45) is 3.15. The minimum absolute atomic E-state index is 0.128. The monoisotopic (exact) mass is 540 g/mol. The van der Waals surface area contributed by atoms with Gasteiger partial charge in [-0.1, -0.05) is 12.1 Å². The lowest BCUT2D eigenvalue weighted by Crippen LogP contribution is -2.36. The first-order chi connectivity index (χ1) is 18.2. The highest BCUT2D eigenvalue weighted by molar-refractivity contribution is 7.93. The molecular weight excluding hydrogens is 512 g/mol. The van der Waals surface area contributed by atoms with Gasteiger partial charge >= 0.3 is 0 Å². The van der Waals surface area contributed by atoms with E-state index in [-0.39, 0.29) is 17.6 Å². The molecular formula is C24H28N8O5S. The molecule has 38 heavy (non-hydrogen) atoms. The van der Waals surface area contributed by atoms with E-state index in [0.717, 1.165) is 5.56 Å². The number of ether oxygens (including phenoxy) is 3. The Balaban J connectivity index is 1.84. The molecule has 0 aliphatic rings. The highest BCUT2D eigenvalue weighted by atomic mass is 32.2. The molecule has 14 heteroatoms. The van der Waals surface area contributed by atoms with Gasteiger partial charge in [0.1, 0.15) is 28.7 Å². The number of nitrogens with one attached hydrogen (secondary N) is 1. The number of benzene rings is 1. The number of hydrogen-bond donors (Lipinski definition) is 2. The van der Waals surface area contributed by atoms with Crippen molar-refractivity contribution in [2.75, 3.05) is 26.1 Å². The molecule has 0 radical (unpaired) electrons. The maximum Gasteiger partial charge on any atom is 0.243 e. The van der Waals surface area contributed by atoms with Crippen LogP contribution in [0.4, 0.5) is 5.95 Å². The van der Waals surface area contributed by atoms with Crippen molar-refractivity contribution in [1.82, 2.24) is 29.7 Å². The Morgan fingerprint density at radius 1 is 0.947 bits per heavy atom. The largest absolute Gasteiger partial charge is 0.494 e. The van der Waals surface area contributed by atoms with E-state index in [1.807, 2.05) is 6.92 Å². The number of anilines is 1. The molecule has 3 heterocycles. The van der Waals surface area contributed by atoms with Gasteiger partial charge in [-0.3, -0.25) is 9.29 Å². The van der Waals surface area contributed by atoms with Crippen LogP contribution in [0.5, 0.6) is 17.4 Å². The standard InChI is InChI=1S/C24H28N8O5S/c1-14-12-26-22(27-13-14)20(25)15(2)38(33,34)31-24-30-29-23(16-8-6-11-19(28-16)37-5)32(24)21-17(35-3)9-7-10-18(21)36-4/h6-13,15,20H,25H2,1-5H3,(H,30,31)/t15-,20-/m1/s1. The van der Waals surface area contributed by atoms with Gasteiger partial charge in [-0.15, -0.1) is 10.2 Å². The van der Waals surface area contributed by atoms with E-state index in [2.05, 4.69) is 29.9 Å². The van der Waals surface area contributed by atoms with Crippen LogP contribution in [0.25, 0.3) is 17.2 Å². The van der Waals surface area contributed by atoms with Crippen molar-refractivity contribution >= 4 is 16.0 Å². The number of aromatic nitrogens is 6. The molecule has 4 rings (SSSR count). The van der Waals surface area contributed by atoms with Gasteiger partial charge < -0.3 is 19.9 Å². The smallest absolute Gasteiger partial charge is 0.243 e. The molecule has 13 nitrogen and oxygen atoms in total. The summed E-state index contributed by atoms with van der Waals surface area (Å²) in [4.78, 5) is 12.8. The first-order valence-corrected chi connectivity index (χ1v) is 13.0. The number of para-hydroxylation sites is 1. The third-order valence-electron chi connectivity index (χ3n) is 5.78. The van der Waals surface area contributed by atoms with Crippen molar-refractivity contribution < 1.29 is 22.6 Å². The summed E-state index contributed by atoms with van der Waals surface area (Å²) in [5, 5.41) is 7.26. The lowest BCUT2D eigenvalue weighted by atomic mass is 10.2. The van der Waals surface area contributed by atoms with Gasteiger partial charge in [0.15, 0.2) is 5.82 Å². The zero-order valence-electron chi connectivity index (χ0n) is 21.5. The van der Waals surface area contributed by atoms with Crippen LogP contribution < -0.4 is 24.7 Å². The molecule has 0 aliphatic carbocycles. The molecule has 0 saturated carbocycles. The van der Waals surface area contributed by atoms with Gasteiger partial charge in [-0.25, -0.2) is 23.4 Å². The van der Waals surface area contributed by atoms with Crippen LogP contribution in [0.1, 0.15) is 24.4 Å². The number of nitrogens with zero attached hydrogens (tertiary/aromatic N) is 6. The average Bonchev–Trinajstić information content (AvgIpc) is 3.34. The number of sulfonamides is 1. The quantitative estimate of drug-likeness (QED) is 0.302. The Hall–Kier alpha value is -4.30. The van der Waals surface area contributed by atoms with Gasteiger partial charge in [-0.05, 0) is 37.6 Å². The molecule has 0 fully saturated rings. The maximum atomic E-state index is 13.5. The fourth-order valence-corrected chi connectivity index (χ4v) is 4.71. The van der Waals surface area contributed by atoms with Crippen molar-refractivity contribution in [1.29, 1.82) is 0 Å².